The van der Waals surface area contributed by atoms with Crippen molar-refractivity contribution in [2.24, 2.45) is 0 Å². The van der Waals surface area contributed by atoms with E-state index in [1.165, 1.54) is 20.0 Å². The number of amides is 1. The number of halogens is 3. The van der Waals surface area contributed by atoms with Crippen molar-refractivity contribution < 1.29 is 26.4 Å². The number of hydrogen-bond donors (Lipinski definition) is 1. The molecule has 0 fully saturated rings. The van der Waals surface area contributed by atoms with Crippen LogP contribution in [0.4, 0.5) is 13.2 Å². The topological polar surface area (TPSA) is 66.5 Å². The number of rotatable bonds is 5. The van der Waals surface area contributed by atoms with Crippen LogP contribution in [0.2, 0.25) is 0 Å². The lowest BCUT2D eigenvalue weighted by atomic mass is 10.2. The second kappa shape index (κ2) is 6.44. The summed E-state index contributed by atoms with van der Waals surface area (Å²) in [5.74, 6) is -0.607. The van der Waals surface area contributed by atoms with Crippen LogP contribution in [-0.2, 0) is 21.0 Å². The Labute approximate surface area is 120 Å². The molecule has 0 saturated carbocycles. The number of nitrogens with one attached hydrogen (secondary N) is 1. The molecule has 1 amide bonds. The van der Waals surface area contributed by atoms with Gasteiger partial charge in [-0.1, -0.05) is 19.1 Å². The Morgan fingerprint density at radius 2 is 1.86 bits per heavy atom. The minimum atomic E-state index is -4.80. The predicted molar refractivity (Wildman–Crippen MR) is 69.9 cm³/mol. The molecule has 1 rings (SSSR count). The maximum atomic E-state index is 12.9. The summed E-state index contributed by atoms with van der Waals surface area (Å²) in [5.41, 5.74) is -1.25. The molecule has 0 aliphatic carbocycles. The van der Waals surface area contributed by atoms with Crippen LogP contribution in [0, 0.1) is 0 Å². The molecular weight excluding hydrogens is 309 g/mol. The number of hydrogen-bond acceptors (Lipinski definition) is 3. The first-order valence-corrected chi connectivity index (χ1v) is 7.45. The zero-order valence-corrected chi connectivity index (χ0v) is 12.3. The third-order valence-electron chi connectivity index (χ3n) is 2.76. The highest BCUT2D eigenvalue weighted by Gasteiger charge is 2.38. The Morgan fingerprint density at radius 1 is 1.29 bits per heavy atom. The van der Waals surface area contributed by atoms with Gasteiger partial charge in [-0.3, -0.25) is 4.79 Å². The second-order valence-electron chi connectivity index (χ2n) is 4.10. The lowest BCUT2D eigenvalue weighted by molar-refractivity contribution is -0.139. The number of carbonyl (C=O) groups is 1. The molecule has 5 nitrogen and oxygen atoms in total. The van der Waals surface area contributed by atoms with Crippen LogP contribution in [0.15, 0.2) is 29.2 Å². The number of likely N-dealkylation sites (N-methyl/N-ethyl adjacent to an activating group) is 2. The average Bonchev–Trinajstić information content (AvgIpc) is 2.43. The van der Waals surface area contributed by atoms with Crippen molar-refractivity contribution in [3.63, 3.8) is 0 Å². The highest BCUT2D eigenvalue weighted by Crippen LogP contribution is 2.34. The second-order valence-corrected chi connectivity index (χ2v) is 6.00. The van der Waals surface area contributed by atoms with Crippen molar-refractivity contribution in [2.45, 2.75) is 18.0 Å². The van der Waals surface area contributed by atoms with Crippen molar-refractivity contribution in [3.8, 4) is 0 Å². The van der Waals surface area contributed by atoms with Gasteiger partial charge in [-0.15, -0.1) is 0 Å². The van der Waals surface area contributed by atoms with Crippen LogP contribution in [0.3, 0.4) is 0 Å². The monoisotopic (exact) mass is 324 g/mol. The molecule has 0 bridgehead atoms. The van der Waals surface area contributed by atoms with E-state index in [0.29, 0.717) is 10.4 Å². The fraction of sp³-hybridized carbons (Fsp3) is 0.417. The van der Waals surface area contributed by atoms with Gasteiger partial charge in [-0.2, -0.15) is 17.5 Å². The summed E-state index contributed by atoms with van der Waals surface area (Å²) in [7, 11) is -3.11. The zero-order chi connectivity index (χ0) is 16.3. The summed E-state index contributed by atoms with van der Waals surface area (Å²) in [4.78, 5) is 10.4. The Hall–Kier alpha value is -1.61. The smallest absolute Gasteiger partial charge is 0.358 e. The molecule has 0 aliphatic heterocycles. The fourth-order valence-corrected chi connectivity index (χ4v) is 3.29. The summed E-state index contributed by atoms with van der Waals surface area (Å²) < 4.78 is 64.1. The lowest BCUT2D eigenvalue weighted by Crippen LogP contribution is -2.40. The summed E-state index contributed by atoms with van der Waals surface area (Å²) in [6.07, 6.45) is -4.80. The van der Waals surface area contributed by atoms with E-state index in [2.05, 4.69) is 5.32 Å². The van der Waals surface area contributed by atoms with Gasteiger partial charge in [0.1, 0.15) is 0 Å². The van der Waals surface area contributed by atoms with E-state index in [9.17, 15) is 26.4 Å². The Morgan fingerprint density at radius 3 is 2.33 bits per heavy atom. The van der Waals surface area contributed by atoms with Gasteiger partial charge in [-0.05, 0) is 12.1 Å². The maximum Gasteiger partial charge on any atom is 0.417 e. The van der Waals surface area contributed by atoms with Gasteiger partial charge in [0.25, 0.3) is 0 Å². The fourth-order valence-electron chi connectivity index (χ4n) is 1.67. The maximum absolute atomic E-state index is 12.9. The Kier molecular flexibility index (Phi) is 5.35. The van der Waals surface area contributed by atoms with E-state index < -0.39 is 39.1 Å². The SMILES string of the molecule is CCN(CC(=O)NC)S(=O)(=O)c1ccccc1C(F)(F)F. The van der Waals surface area contributed by atoms with Crippen molar-refractivity contribution in [3.05, 3.63) is 29.8 Å². The van der Waals surface area contributed by atoms with Crippen LogP contribution >= 0.6 is 0 Å². The molecule has 0 aliphatic rings. The third-order valence-corrected chi connectivity index (χ3v) is 4.74. The summed E-state index contributed by atoms with van der Waals surface area (Å²) >= 11 is 0. The number of carbonyl (C=O) groups excluding carboxylic acids is 1. The van der Waals surface area contributed by atoms with E-state index >= 15 is 0 Å². The van der Waals surface area contributed by atoms with Gasteiger partial charge in [0.05, 0.1) is 17.0 Å². The number of alkyl halides is 3. The summed E-state index contributed by atoms with van der Waals surface area (Å²) in [6.45, 7) is 0.778. The van der Waals surface area contributed by atoms with Gasteiger partial charge in [0.15, 0.2) is 0 Å². The molecule has 0 unspecified atom stereocenters. The van der Waals surface area contributed by atoms with E-state index in [1.807, 2.05) is 0 Å². The van der Waals surface area contributed by atoms with Crippen LogP contribution in [0.25, 0.3) is 0 Å². The van der Waals surface area contributed by atoms with E-state index in [1.54, 1.807) is 0 Å². The van der Waals surface area contributed by atoms with Crippen LogP contribution in [0.5, 0.6) is 0 Å². The molecule has 0 spiro atoms. The average molecular weight is 324 g/mol. The van der Waals surface area contributed by atoms with Gasteiger partial charge in [-0.25, -0.2) is 8.42 Å². The molecule has 1 N–H and O–H groups in total. The molecule has 0 heterocycles. The molecule has 0 radical (unpaired) electrons. The molecule has 118 valence electrons. The molecule has 0 atom stereocenters. The zero-order valence-electron chi connectivity index (χ0n) is 11.4. The van der Waals surface area contributed by atoms with Crippen molar-refractivity contribution in [2.75, 3.05) is 20.1 Å². The number of nitrogens with zero attached hydrogens (tertiary/aromatic N) is 1. The lowest BCUT2D eigenvalue weighted by Gasteiger charge is -2.22. The van der Waals surface area contributed by atoms with Crippen LogP contribution in [-0.4, -0.2) is 38.8 Å². The molecule has 1 aromatic rings. The van der Waals surface area contributed by atoms with E-state index in [4.69, 9.17) is 0 Å². The third kappa shape index (κ3) is 3.94. The van der Waals surface area contributed by atoms with E-state index in [-0.39, 0.29) is 6.54 Å². The quantitative estimate of drug-likeness (QED) is 0.892. The molecule has 1 aromatic carbocycles. The van der Waals surface area contributed by atoms with Gasteiger partial charge in [0.2, 0.25) is 15.9 Å². The van der Waals surface area contributed by atoms with Gasteiger partial charge in [0, 0.05) is 13.6 Å². The van der Waals surface area contributed by atoms with Crippen molar-refractivity contribution in [1.82, 2.24) is 9.62 Å². The van der Waals surface area contributed by atoms with Gasteiger partial charge >= 0.3 is 6.18 Å². The van der Waals surface area contributed by atoms with Gasteiger partial charge < -0.3 is 5.32 Å². The van der Waals surface area contributed by atoms with E-state index in [0.717, 1.165) is 12.1 Å². The molecule has 0 aromatic heterocycles. The van der Waals surface area contributed by atoms with Crippen LogP contribution in [0.1, 0.15) is 12.5 Å². The Balaban J connectivity index is 3.33. The first-order chi connectivity index (χ1) is 9.64. The number of sulfonamides is 1. The normalized spacial score (nSPS) is 12.5. The van der Waals surface area contributed by atoms with Crippen molar-refractivity contribution >= 4 is 15.9 Å². The highest BCUT2D eigenvalue weighted by atomic mass is 32.2. The van der Waals surface area contributed by atoms with Crippen LogP contribution < -0.4 is 5.32 Å². The first kappa shape index (κ1) is 17.4. The standard InChI is InChI=1S/C12H15F3N2O3S/c1-3-17(8-11(18)16-2)21(19,20)10-7-5-4-6-9(10)12(13,14)15/h4-7H,3,8H2,1-2H3,(H,16,18). The highest BCUT2D eigenvalue weighted by molar-refractivity contribution is 7.89. The van der Waals surface area contributed by atoms with Crippen molar-refractivity contribution in [1.29, 1.82) is 0 Å². The summed E-state index contributed by atoms with van der Waals surface area (Å²) in [5, 5.41) is 2.23. The molecular formula is C12H15F3N2O3S. The molecule has 0 saturated heterocycles. The molecule has 9 heteroatoms. The minimum Gasteiger partial charge on any atom is -0.358 e. The molecule has 21 heavy (non-hydrogen) atoms. The Bertz CT molecular complexity index is 614. The minimum absolute atomic E-state index is 0.123. The first-order valence-electron chi connectivity index (χ1n) is 6.01. The summed E-state index contributed by atoms with van der Waals surface area (Å²) in [6, 6.07) is 3.89. The number of benzene rings is 1. The predicted octanol–water partition coefficient (Wildman–Crippen LogP) is 1.46. The largest absolute Gasteiger partial charge is 0.417 e.